The van der Waals surface area contributed by atoms with Crippen LogP contribution in [0.5, 0.6) is 0 Å². The molecular weight excluding hydrogens is 256 g/mol. The molecule has 0 aliphatic carbocycles. The van der Waals surface area contributed by atoms with Crippen LogP contribution in [0.3, 0.4) is 0 Å². The van der Waals surface area contributed by atoms with Gasteiger partial charge in [-0.3, -0.25) is 9.69 Å². The Kier molecular flexibility index (Phi) is 5.52. The molecule has 1 atom stereocenters. The number of rotatable bonds is 5. The normalized spacial score (nSPS) is 19.8. The number of carbonyl (C=O) groups is 1. The molecule has 110 valence electrons. The third-order valence-corrected chi connectivity index (χ3v) is 3.56. The minimum atomic E-state index is -0.209. The van der Waals surface area contributed by atoms with Gasteiger partial charge in [0.25, 0.3) is 0 Å². The summed E-state index contributed by atoms with van der Waals surface area (Å²) in [7, 11) is 1.42. The van der Waals surface area contributed by atoms with Gasteiger partial charge in [0.15, 0.2) is 0 Å². The number of nitrogens with two attached hydrogens (primary N) is 1. The standard InChI is InChI=1S/C15H22N2O3/c1-19-15(18)8-12-4-2-3-5-13(12)10-17-6-7-20-14(9-16)11-17/h2-5,14H,6-11,16H2,1H3. The molecule has 1 aromatic carbocycles. The lowest BCUT2D eigenvalue weighted by Crippen LogP contribution is -2.45. The highest BCUT2D eigenvalue weighted by atomic mass is 16.5. The lowest BCUT2D eigenvalue weighted by molar-refractivity contribution is -0.139. The Bertz CT molecular complexity index is 450. The number of methoxy groups -OCH3 is 1. The van der Waals surface area contributed by atoms with Crippen LogP contribution in [0.1, 0.15) is 11.1 Å². The van der Waals surface area contributed by atoms with Crippen molar-refractivity contribution < 1.29 is 14.3 Å². The van der Waals surface area contributed by atoms with Crippen LogP contribution in [0.4, 0.5) is 0 Å². The van der Waals surface area contributed by atoms with E-state index in [1.165, 1.54) is 7.11 Å². The average molecular weight is 278 g/mol. The van der Waals surface area contributed by atoms with E-state index in [0.717, 1.165) is 30.8 Å². The van der Waals surface area contributed by atoms with Crippen molar-refractivity contribution in [1.82, 2.24) is 4.90 Å². The lowest BCUT2D eigenvalue weighted by Gasteiger charge is -2.32. The molecule has 0 amide bonds. The lowest BCUT2D eigenvalue weighted by atomic mass is 10.0. The monoisotopic (exact) mass is 278 g/mol. The molecule has 1 aliphatic rings. The maximum absolute atomic E-state index is 11.5. The fourth-order valence-corrected chi connectivity index (χ4v) is 2.42. The first kappa shape index (κ1) is 15.0. The summed E-state index contributed by atoms with van der Waals surface area (Å²) in [5.74, 6) is -0.209. The minimum Gasteiger partial charge on any atom is -0.469 e. The summed E-state index contributed by atoms with van der Waals surface area (Å²) in [6.45, 7) is 3.79. The molecule has 0 bridgehead atoms. The van der Waals surface area contributed by atoms with Gasteiger partial charge in [-0.2, -0.15) is 0 Å². The largest absolute Gasteiger partial charge is 0.469 e. The number of benzene rings is 1. The van der Waals surface area contributed by atoms with Crippen LogP contribution in [0.2, 0.25) is 0 Å². The van der Waals surface area contributed by atoms with Gasteiger partial charge in [-0.25, -0.2) is 0 Å². The van der Waals surface area contributed by atoms with Gasteiger partial charge in [-0.1, -0.05) is 24.3 Å². The zero-order valence-corrected chi connectivity index (χ0v) is 11.9. The summed E-state index contributed by atoms with van der Waals surface area (Å²) >= 11 is 0. The summed E-state index contributed by atoms with van der Waals surface area (Å²) in [6.07, 6.45) is 0.425. The molecule has 5 nitrogen and oxygen atoms in total. The molecule has 1 fully saturated rings. The minimum absolute atomic E-state index is 0.108. The van der Waals surface area contributed by atoms with E-state index >= 15 is 0 Å². The van der Waals surface area contributed by atoms with Crippen molar-refractivity contribution in [2.75, 3.05) is 33.4 Å². The first-order valence-electron chi connectivity index (χ1n) is 6.90. The zero-order chi connectivity index (χ0) is 14.4. The van der Waals surface area contributed by atoms with E-state index in [2.05, 4.69) is 11.0 Å². The first-order valence-corrected chi connectivity index (χ1v) is 6.90. The van der Waals surface area contributed by atoms with Crippen molar-refractivity contribution in [3.8, 4) is 0 Å². The van der Waals surface area contributed by atoms with Gasteiger partial charge < -0.3 is 15.2 Å². The predicted molar refractivity (Wildman–Crippen MR) is 76.2 cm³/mol. The molecular formula is C15H22N2O3. The summed E-state index contributed by atoms with van der Waals surface area (Å²) in [4.78, 5) is 13.8. The van der Waals surface area contributed by atoms with Crippen molar-refractivity contribution in [2.24, 2.45) is 5.73 Å². The second kappa shape index (κ2) is 7.38. The van der Waals surface area contributed by atoms with Crippen molar-refractivity contribution in [2.45, 2.75) is 19.1 Å². The first-order chi connectivity index (χ1) is 9.72. The summed E-state index contributed by atoms with van der Waals surface area (Å²) in [5.41, 5.74) is 7.85. The second-order valence-corrected chi connectivity index (χ2v) is 4.99. The fourth-order valence-electron chi connectivity index (χ4n) is 2.42. The Hall–Kier alpha value is -1.43. The van der Waals surface area contributed by atoms with Crippen molar-refractivity contribution in [3.05, 3.63) is 35.4 Å². The van der Waals surface area contributed by atoms with Gasteiger partial charge in [0.05, 0.1) is 26.2 Å². The van der Waals surface area contributed by atoms with Crippen molar-refractivity contribution >= 4 is 5.97 Å². The van der Waals surface area contributed by atoms with E-state index in [1.807, 2.05) is 18.2 Å². The molecule has 1 heterocycles. The molecule has 2 N–H and O–H groups in total. The van der Waals surface area contributed by atoms with E-state index in [4.69, 9.17) is 15.2 Å². The molecule has 5 heteroatoms. The van der Waals surface area contributed by atoms with Crippen molar-refractivity contribution in [1.29, 1.82) is 0 Å². The maximum Gasteiger partial charge on any atom is 0.309 e. The van der Waals surface area contributed by atoms with Crippen LogP contribution in [-0.4, -0.2) is 50.3 Å². The number of ether oxygens (including phenoxy) is 2. The molecule has 2 rings (SSSR count). The van der Waals surface area contributed by atoms with Gasteiger partial charge in [0, 0.05) is 26.2 Å². The van der Waals surface area contributed by atoms with Gasteiger partial charge in [-0.15, -0.1) is 0 Å². The van der Waals surface area contributed by atoms with Crippen molar-refractivity contribution in [3.63, 3.8) is 0 Å². The van der Waals surface area contributed by atoms with Crippen LogP contribution in [0.15, 0.2) is 24.3 Å². The molecule has 20 heavy (non-hydrogen) atoms. The number of hydrogen-bond donors (Lipinski definition) is 1. The van der Waals surface area contributed by atoms with E-state index in [1.54, 1.807) is 0 Å². The number of morpholine rings is 1. The topological polar surface area (TPSA) is 64.8 Å². The highest BCUT2D eigenvalue weighted by Gasteiger charge is 2.20. The Morgan fingerprint density at radius 3 is 2.90 bits per heavy atom. The van der Waals surface area contributed by atoms with Crippen LogP contribution in [-0.2, 0) is 27.2 Å². The smallest absolute Gasteiger partial charge is 0.309 e. The van der Waals surface area contributed by atoms with Crippen LogP contribution < -0.4 is 5.73 Å². The summed E-state index contributed by atoms with van der Waals surface area (Å²) in [6, 6.07) is 7.99. The Labute approximate surface area is 119 Å². The summed E-state index contributed by atoms with van der Waals surface area (Å²) in [5, 5.41) is 0. The highest BCUT2D eigenvalue weighted by molar-refractivity contribution is 5.72. The summed E-state index contributed by atoms with van der Waals surface area (Å²) < 4.78 is 10.3. The molecule has 0 radical (unpaired) electrons. The average Bonchev–Trinajstić information content (AvgIpc) is 2.49. The molecule has 1 saturated heterocycles. The predicted octanol–water partition coefficient (Wildman–Crippen LogP) is 0.562. The SMILES string of the molecule is COC(=O)Cc1ccccc1CN1CCOC(CN)C1. The molecule has 0 spiro atoms. The van der Waals surface area contributed by atoms with Gasteiger partial charge in [0.2, 0.25) is 0 Å². The van der Waals surface area contributed by atoms with Gasteiger partial charge >= 0.3 is 5.97 Å². The van der Waals surface area contributed by atoms with E-state index in [0.29, 0.717) is 19.6 Å². The van der Waals surface area contributed by atoms with Crippen LogP contribution in [0.25, 0.3) is 0 Å². The molecule has 1 aliphatic heterocycles. The Morgan fingerprint density at radius 1 is 1.45 bits per heavy atom. The molecule has 0 aromatic heterocycles. The van der Waals surface area contributed by atoms with E-state index in [9.17, 15) is 4.79 Å². The number of carbonyl (C=O) groups excluding carboxylic acids is 1. The number of esters is 1. The van der Waals surface area contributed by atoms with E-state index < -0.39 is 0 Å². The van der Waals surface area contributed by atoms with Gasteiger partial charge in [-0.05, 0) is 11.1 Å². The maximum atomic E-state index is 11.5. The fraction of sp³-hybridized carbons (Fsp3) is 0.533. The molecule has 1 unspecified atom stereocenters. The van der Waals surface area contributed by atoms with Gasteiger partial charge in [0.1, 0.15) is 0 Å². The second-order valence-electron chi connectivity index (χ2n) is 4.99. The zero-order valence-electron chi connectivity index (χ0n) is 11.9. The number of nitrogens with zero attached hydrogens (tertiary/aromatic N) is 1. The third-order valence-electron chi connectivity index (χ3n) is 3.56. The quantitative estimate of drug-likeness (QED) is 0.797. The third kappa shape index (κ3) is 4.03. The molecule has 0 saturated carbocycles. The molecule has 1 aromatic rings. The van der Waals surface area contributed by atoms with Crippen LogP contribution in [0, 0.1) is 0 Å². The van der Waals surface area contributed by atoms with Crippen LogP contribution >= 0.6 is 0 Å². The Morgan fingerprint density at radius 2 is 2.20 bits per heavy atom. The number of hydrogen-bond acceptors (Lipinski definition) is 5. The highest BCUT2D eigenvalue weighted by Crippen LogP contribution is 2.15. The van der Waals surface area contributed by atoms with E-state index in [-0.39, 0.29) is 12.1 Å². The Balaban J connectivity index is 2.03.